The standard InChI is InChI=1S/C18H32N2O.ClH/c1-18(9-4-10-19-12-18)13-20-17(21)16-8-7-14-5-2-3-6-15(14)11-16;/h14-16,19H,2-13H2,1H3,(H,20,21);1H. The highest BCUT2D eigenvalue weighted by molar-refractivity contribution is 5.85. The fourth-order valence-corrected chi connectivity index (χ4v) is 4.83. The molecular formula is C18H33ClN2O. The molecule has 128 valence electrons. The molecular weight excluding hydrogens is 296 g/mol. The smallest absolute Gasteiger partial charge is 0.223 e. The van der Waals surface area contributed by atoms with Crippen molar-refractivity contribution in [2.45, 2.75) is 64.7 Å². The van der Waals surface area contributed by atoms with Gasteiger partial charge in [0.15, 0.2) is 0 Å². The predicted octanol–water partition coefficient (Wildman–Crippen LogP) is 3.52. The van der Waals surface area contributed by atoms with E-state index in [4.69, 9.17) is 0 Å². The van der Waals surface area contributed by atoms with Gasteiger partial charge < -0.3 is 10.6 Å². The Balaban J connectivity index is 0.00000176. The van der Waals surface area contributed by atoms with Gasteiger partial charge in [0, 0.05) is 19.0 Å². The molecule has 3 aliphatic rings. The molecule has 3 rings (SSSR count). The zero-order valence-electron chi connectivity index (χ0n) is 14.0. The summed E-state index contributed by atoms with van der Waals surface area (Å²) in [6.07, 6.45) is 11.6. The van der Waals surface area contributed by atoms with Crippen molar-refractivity contribution in [2.75, 3.05) is 19.6 Å². The van der Waals surface area contributed by atoms with Crippen LogP contribution in [0.15, 0.2) is 0 Å². The maximum absolute atomic E-state index is 12.5. The molecule has 4 heteroatoms. The maximum atomic E-state index is 12.5. The van der Waals surface area contributed by atoms with E-state index in [1.165, 1.54) is 44.9 Å². The van der Waals surface area contributed by atoms with E-state index in [1.807, 2.05) is 0 Å². The number of hydrogen-bond acceptors (Lipinski definition) is 2. The van der Waals surface area contributed by atoms with Crippen LogP contribution in [0.1, 0.15) is 64.7 Å². The quantitative estimate of drug-likeness (QED) is 0.832. The molecule has 0 aromatic heterocycles. The van der Waals surface area contributed by atoms with Crippen molar-refractivity contribution >= 4 is 18.3 Å². The summed E-state index contributed by atoms with van der Waals surface area (Å²) in [7, 11) is 0. The Bertz CT molecular complexity index is 368. The number of hydrogen-bond donors (Lipinski definition) is 2. The summed E-state index contributed by atoms with van der Waals surface area (Å²) >= 11 is 0. The Morgan fingerprint density at radius 1 is 1.14 bits per heavy atom. The first-order chi connectivity index (χ1) is 10.2. The normalized spacial score (nSPS) is 38.5. The molecule has 3 nitrogen and oxygen atoms in total. The number of carbonyl (C=O) groups excluding carboxylic acids is 1. The van der Waals surface area contributed by atoms with E-state index in [0.717, 1.165) is 44.3 Å². The molecule has 0 bridgehead atoms. The van der Waals surface area contributed by atoms with Crippen LogP contribution >= 0.6 is 12.4 Å². The zero-order valence-corrected chi connectivity index (χ0v) is 14.9. The number of amides is 1. The summed E-state index contributed by atoms with van der Waals surface area (Å²) in [5.74, 6) is 2.41. The highest BCUT2D eigenvalue weighted by atomic mass is 35.5. The number of halogens is 1. The first kappa shape index (κ1) is 18.1. The van der Waals surface area contributed by atoms with E-state index >= 15 is 0 Å². The maximum Gasteiger partial charge on any atom is 0.223 e. The summed E-state index contributed by atoms with van der Waals surface area (Å²) in [6, 6.07) is 0. The largest absolute Gasteiger partial charge is 0.355 e. The molecule has 1 aliphatic heterocycles. The topological polar surface area (TPSA) is 41.1 Å². The van der Waals surface area contributed by atoms with E-state index < -0.39 is 0 Å². The highest BCUT2D eigenvalue weighted by Crippen LogP contribution is 2.42. The minimum Gasteiger partial charge on any atom is -0.355 e. The van der Waals surface area contributed by atoms with Gasteiger partial charge in [0.25, 0.3) is 0 Å². The van der Waals surface area contributed by atoms with Gasteiger partial charge in [0.2, 0.25) is 5.91 Å². The lowest BCUT2D eigenvalue weighted by atomic mass is 9.67. The second-order valence-electron chi connectivity index (χ2n) is 8.12. The van der Waals surface area contributed by atoms with Gasteiger partial charge in [-0.1, -0.05) is 32.6 Å². The van der Waals surface area contributed by atoms with Gasteiger partial charge in [0.05, 0.1) is 0 Å². The Morgan fingerprint density at radius 2 is 1.91 bits per heavy atom. The minimum atomic E-state index is 0. The van der Waals surface area contributed by atoms with Crippen LogP contribution in [-0.2, 0) is 4.79 Å². The summed E-state index contributed by atoms with van der Waals surface area (Å²) in [6.45, 7) is 5.33. The molecule has 4 unspecified atom stereocenters. The molecule has 0 aromatic rings. The average Bonchev–Trinajstić information content (AvgIpc) is 2.53. The van der Waals surface area contributed by atoms with Crippen LogP contribution in [0.5, 0.6) is 0 Å². The molecule has 2 N–H and O–H groups in total. The van der Waals surface area contributed by atoms with Crippen molar-refractivity contribution in [1.82, 2.24) is 10.6 Å². The lowest BCUT2D eigenvalue weighted by Crippen LogP contribution is -2.47. The van der Waals surface area contributed by atoms with Crippen LogP contribution in [0.3, 0.4) is 0 Å². The van der Waals surface area contributed by atoms with Crippen LogP contribution in [0.4, 0.5) is 0 Å². The molecule has 0 spiro atoms. The van der Waals surface area contributed by atoms with Crippen LogP contribution in [0.25, 0.3) is 0 Å². The second kappa shape index (κ2) is 8.01. The lowest BCUT2D eigenvalue weighted by molar-refractivity contribution is -0.127. The van der Waals surface area contributed by atoms with E-state index in [-0.39, 0.29) is 17.8 Å². The molecule has 0 radical (unpaired) electrons. The van der Waals surface area contributed by atoms with Gasteiger partial charge >= 0.3 is 0 Å². The highest BCUT2D eigenvalue weighted by Gasteiger charge is 2.35. The molecule has 3 fully saturated rings. The fourth-order valence-electron chi connectivity index (χ4n) is 4.83. The number of nitrogens with one attached hydrogen (secondary N) is 2. The van der Waals surface area contributed by atoms with Gasteiger partial charge in [0.1, 0.15) is 0 Å². The second-order valence-corrected chi connectivity index (χ2v) is 8.12. The van der Waals surface area contributed by atoms with Crippen molar-refractivity contribution in [3.8, 4) is 0 Å². The first-order valence-corrected chi connectivity index (χ1v) is 9.15. The molecule has 2 saturated carbocycles. The van der Waals surface area contributed by atoms with E-state index in [1.54, 1.807) is 0 Å². The van der Waals surface area contributed by atoms with Gasteiger partial charge in [-0.05, 0) is 55.9 Å². The van der Waals surface area contributed by atoms with Gasteiger partial charge in [-0.25, -0.2) is 0 Å². The fraction of sp³-hybridized carbons (Fsp3) is 0.944. The third-order valence-electron chi connectivity index (χ3n) is 6.29. The van der Waals surface area contributed by atoms with Crippen molar-refractivity contribution in [3.05, 3.63) is 0 Å². The Hall–Kier alpha value is -0.280. The summed E-state index contributed by atoms with van der Waals surface area (Å²) in [5, 5.41) is 6.74. The van der Waals surface area contributed by atoms with Gasteiger partial charge in [-0.3, -0.25) is 4.79 Å². The van der Waals surface area contributed by atoms with Crippen LogP contribution in [-0.4, -0.2) is 25.5 Å². The molecule has 1 saturated heterocycles. The SMILES string of the molecule is CC1(CNC(=O)C2CCC3CCCCC3C2)CCCNC1.Cl. The first-order valence-electron chi connectivity index (χ1n) is 9.15. The number of carbonyl (C=O) groups is 1. The number of piperidine rings is 1. The third-order valence-corrected chi connectivity index (χ3v) is 6.29. The molecule has 1 amide bonds. The van der Waals surface area contributed by atoms with Crippen LogP contribution < -0.4 is 10.6 Å². The summed E-state index contributed by atoms with van der Waals surface area (Å²) in [4.78, 5) is 12.5. The third kappa shape index (κ3) is 4.38. The minimum absolute atomic E-state index is 0. The van der Waals surface area contributed by atoms with Crippen LogP contribution in [0, 0.1) is 23.2 Å². The number of rotatable bonds is 3. The molecule has 2 aliphatic carbocycles. The van der Waals surface area contributed by atoms with E-state index in [0.29, 0.717) is 11.8 Å². The predicted molar refractivity (Wildman–Crippen MR) is 93.3 cm³/mol. The van der Waals surface area contributed by atoms with Crippen molar-refractivity contribution in [1.29, 1.82) is 0 Å². The Labute approximate surface area is 141 Å². The van der Waals surface area contributed by atoms with Gasteiger partial charge in [-0.15, -0.1) is 12.4 Å². The van der Waals surface area contributed by atoms with E-state index in [9.17, 15) is 4.79 Å². The summed E-state index contributed by atoms with van der Waals surface area (Å²) in [5.41, 5.74) is 0.260. The lowest BCUT2D eigenvalue weighted by Gasteiger charge is -2.39. The van der Waals surface area contributed by atoms with Crippen molar-refractivity contribution in [2.24, 2.45) is 23.2 Å². The Kier molecular flexibility index (Phi) is 6.58. The molecule has 0 aromatic carbocycles. The van der Waals surface area contributed by atoms with Crippen molar-refractivity contribution < 1.29 is 4.79 Å². The van der Waals surface area contributed by atoms with Crippen molar-refractivity contribution in [3.63, 3.8) is 0 Å². The van der Waals surface area contributed by atoms with Gasteiger partial charge in [-0.2, -0.15) is 0 Å². The molecule has 4 atom stereocenters. The molecule has 1 heterocycles. The van der Waals surface area contributed by atoms with E-state index in [2.05, 4.69) is 17.6 Å². The monoisotopic (exact) mass is 328 g/mol. The molecule has 22 heavy (non-hydrogen) atoms. The summed E-state index contributed by atoms with van der Waals surface area (Å²) < 4.78 is 0. The average molecular weight is 329 g/mol. The number of fused-ring (bicyclic) bond motifs is 1. The Morgan fingerprint density at radius 3 is 2.64 bits per heavy atom. The zero-order chi connectivity index (χ0) is 14.7. The van der Waals surface area contributed by atoms with Crippen LogP contribution in [0.2, 0.25) is 0 Å².